The third-order valence-electron chi connectivity index (χ3n) is 3.17. The standard InChI is InChI=1S/C15H16N4/c1-2-9-19-14-7-8-17-10-13(14)18-15(19)11-3-5-12(16)6-4-11/h3-8,10H,2,9,16H2,1H3. The van der Waals surface area contributed by atoms with Gasteiger partial charge in [-0.1, -0.05) is 6.92 Å². The van der Waals surface area contributed by atoms with Gasteiger partial charge in [-0.2, -0.15) is 0 Å². The van der Waals surface area contributed by atoms with E-state index in [1.807, 2.05) is 42.7 Å². The van der Waals surface area contributed by atoms with Crippen LogP contribution in [-0.2, 0) is 6.54 Å². The van der Waals surface area contributed by atoms with Crippen LogP contribution in [0, 0.1) is 0 Å². The predicted molar refractivity (Wildman–Crippen MR) is 77.7 cm³/mol. The second kappa shape index (κ2) is 4.72. The summed E-state index contributed by atoms with van der Waals surface area (Å²) in [6.45, 7) is 3.11. The Bertz CT molecular complexity index is 698. The molecule has 0 atom stereocenters. The van der Waals surface area contributed by atoms with E-state index in [0.29, 0.717) is 0 Å². The average Bonchev–Trinajstić information content (AvgIpc) is 2.79. The van der Waals surface area contributed by atoms with Crippen LogP contribution in [0.15, 0.2) is 42.7 Å². The van der Waals surface area contributed by atoms with Crippen LogP contribution in [0.4, 0.5) is 5.69 Å². The van der Waals surface area contributed by atoms with Gasteiger partial charge in [0.2, 0.25) is 0 Å². The number of nitrogen functional groups attached to an aromatic ring is 1. The smallest absolute Gasteiger partial charge is 0.141 e. The summed E-state index contributed by atoms with van der Waals surface area (Å²) in [4.78, 5) is 8.83. The fourth-order valence-electron chi connectivity index (χ4n) is 2.28. The van der Waals surface area contributed by atoms with E-state index in [1.165, 1.54) is 0 Å². The maximum Gasteiger partial charge on any atom is 0.141 e. The fourth-order valence-corrected chi connectivity index (χ4v) is 2.28. The molecule has 1 aromatic carbocycles. The Labute approximate surface area is 111 Å². The maximum absolute atomic E-state index is 5.74. The van der Waals surface area contributed by atoms with Crippen molar-refractivity contribution in [3.05, 3.63) is 42.7 Å². The van der Waals surface area contributed by atoms with E-state index in [-0.39, 0.29) is 0 Å². The van der Waals surface area contributed by atoms with E-state index in [1.54, 1.807) is 0 Å². The van der Waals surface area contributed by atoms with E-state index in [0.717, 1.165) is 41.1 Å². The van der Waals surface area contributed by atoms with E-state index in [9.17, 15) is 0 Å². The summed E-state index contributed by atoms with van der Waals surface area (Å²) in [6, 6.07) is 9.84. The minimum absolute atomic E-state index is 0.767. The van der Waals surface area contributed by atoms with Gasteiger partial charge in [0, 0.05) is 24.0 Å². The van der Waals surface area contributed by atoms with Crippen LogP contribution in [0.1, 0.15) is 13.3 Å². The summed E-state index contributed by atoms with van der Waals surface area (Å²) in [6.07, 6.45) is 4.68. The number of aryl methyl sites for hydroxylation is 1. The van der Waals surface area contributed by atoms with Crippen molar-refractivity contribution in [1.82, 2.24) is 14.5 Å². The summed E-state index contributed by atoms with van der Waals surface area (Å²) >= 11 is 0. The van der Waals surface area contributed by atoms with Crippen molar-refractivity contribution >= 4 is 16.7 Å². The third-order valence-corrected chi connectivity index (χ3v) is 3.17. The lowest BCUT2D eigenvalue weighted by atomic mass is 10.2. The Balaban J connectivity index is 2.21. The number of rotatable bonds is 3. The molecule has 4 nitrogen and oxygen atoms in total. The number of hydrogen-bond acceptors (Lipinski definition) is 3. The molecule has 96 valence electrons. The third kappa shape index (κ3) is 2.05. The minimum atomic E-state index is 0.767. The van der Waals surface area contributed by atoms with Gasteiger partial charge < -0.3 is 10.3 Å². The summed E-state index contributed by atoms with van der Waals surface area (Å²) in [7, 11) is 0. The second-order valence-corrected chi connectivity index (χ2v) is 4.57. The minimum Gasteiger partial charge on any atom is -0.399 e. The van der Waals surface area contributed by atoms with E-state index in [2.05, 4.69) is 16.5 Å². The van der Waals surface area contributed by atoms with Crippen molar-refractivity contribution in [2.45, 2.75) is 19.9 Å². The molecular formula is C15H16N4. The van der Waals surface area contributed by atoms with Crippen molar-refractivity contribution in [1.29, 1.82) is 0 Å². The lowest BCUT2D eigenvalue weighted by Crippen LogP contribution is -1.99. The van der Waals surface area contributed by atoms with E-state index >= 15 is 0 Å². The van der Waals surface area contributed by atoms with Gasteiger partial charge in [-0.3, -0.25) is 4.98 Å². The molecule has 2 aromatic heterocycles. The van der Waals surface area contributed by atoms with Gasteiger partial charge in [-0.25, -0.2) is 4.98 Å². The first-order valence-electron chi connectivity index (χ1n) is 6.45. The molecule has 0 unspecified atom stereocenters. The molecular weight excluding hydrogens is 236 g/mol. The Kier molecular flexibility index (Phi) is 2.91. The number of fused-ring (bicyclic) bond motifs is 1. The number of nitrogens with two attached hydrogens (primary N) is 1. The number of imidazole rings is 1. The van der Waals surface area contributed by atoms with Gasteiger partial charge in [0.05, 0.1) is 11.7 Å². The van der Waals surface area contributed by atoms with Crippen molar-refractivity contribution in [3.8, 4) is 11.4 Å². The lowest BCUT2D eigenvalue weighted by molar-refractivity contribution is 0.704. The highest BCUT2D eigenvalue weighted by molar-refractivity contribution is 5.79. The molecule has 0 aliphatic heterocycles. The lowest BCUT2D eigenvalue weighted by Gasteiger charge is -2.07. The van der Waals surface area contributed by atoms with Gasteiger partial charge in [-0.05, 0) is 36.8 Å². The largest absolute Gasteiger partial charge is 0.399 e. The Morgan fingerprint density at radius 1 is 1.16 bits per heavy atom. The van der Waals surface area contributed by atoms with Crippen molar-refractivity contribution in [2.24, 2.45) is 0 Å². The summed E-state index contributed by atoms with van der Waals surface area (Å²) < 4.78 is 2.24. The molecule has 4 heteroatoms. The van der Waals surface area contributed by atoms with E-state index < -0.39 is 0 Å². The molecule has 0 bridgehead atoms. The molecule has 2 N–H and O–H groups in total. The predicted octanol–water partition coefficient (Wildman–Crippen LogP) is 3.09. The average molecular weight is 252 g/mol. The topological polar surface area (TPSA) is 56.7 Å². The first kappa shape index (κ1) is 11.7. The van der Waals surface area contributed by atoms with E-state index in [4.69, 9.17) is 10.7 Å². The molecule has 3 aromatic rings. The molecule has 2 heterocycles. The van der Waals surface area contributed by atoms with Crippen LogP contribution in [0.3, 0.4) is 0 Å². The number of aromatic nitrogens is 3. The van der Waals surface area contributed by atoms with Crippen LogP contribution in [0.2, 0.25) is 0 Å². The van der Waals surface area contributed by atoms with Gasteiger partial charge in [0.15, 0.2) is 0 Å². The Hall–Kier alpha value is -2.36. The van der Waals surface area contributed by atoms with Crippen LogP contribution in [0.25, 0.3) is 22.4 Å². The molecule has 3 rings (SSSR count). The fraction of sp³-hybridized carbons (Fsp3) is 0.200. The quantitative estimate of drug-likeness (QED) is 0.729. The zero-order valence-electron chi connectivity index (χ0n) is 10.9. The van der Waals surface area contributed by atoms with Crippen LogP contribution in [0.5, 0.6) is 0 Å². The zero-order valence-corrected chi connectivity index (χ0v) is 10.9. The molecule has 0 spiro atoms. The van der Waals surface area contributed by atoms with Gasteiger partial charge in [-0.15, -0.1) is 0 Å². The number of hydrogen-bond donors (Lipinski definition) is 1. The highest BCUT2D eigenvalue weighted by Crippen LogP contribution is 2.25. The number of anilines is 1. The monoisotopic (exact) mass is 252 g/mol. The molecule has 0 fully saturated rings. The zero-order chi connectivity index (χ0) is 13.2. The first-order chi connectivity index (χ1) is 9.29. The molecule has 0 aliphatic carbocycles. The first-order valence-corrected chi connectivity index (χ1v) is 6.45. The Morgan fingerprint density at radius 2 is 1.95 bits per heavy atom. The number of pyridine rings is 1. The second-order valence-electron chi connectivity index (χ2n) is 4.57. The molecule has 0 amide bonds. The number of benzene rings is 1. The summed E-state index contributed by atoms with van der Waals surface area (Å²) in [5, 5.41) is 0. The number of nitrogens with zero attached hydrogens (tertiary/aromatic N) is 3. The van der Waals surface area contributed by atoms with Crippen molar-refractivity contribution in [3.63, 3.8) is 0 Å². The van der Waals surface area contributed by atoms with Crippen LogP contribution < -0.4 is 5.73 Å². The van der Waals surface area contributed by atoms with Gasteiger partial charge in [0.25, 0.3) is 0 Å². The van der Waals surface area contributed by atoms with Crippen LogP contribution in [-0.4, -0.2) is 14.5 Å². The van der Waals surface area contributed by atoms with Crippen LogP contribution >= 0.6 is 0 Å². The molecule has 0 saturated carbocycles. The highest BCUT2D eigenvalue weighted by atomic mass is 15.1. The molecule has 0 radical (unpaired) electrons. The maximum atomic E-state index is 5.74. The highest BCUT2D eigenvalue weighted by Gasteiger charge is 2.11. The Morgan fingerprint density at radius 3 is 2.68 bits per heavy atom. The van der Waals surface area contributed by atoms with Crippen molar-refractivity contribution < 1.29 is 0 Å². The van der Waals surface area contributed by atoms with Gasteiger partial charge >= 0.3 is 0 Å². The van der Waals surface area contributed by atoms with Gasteiger partial charge in [0.1, 0.15) is 11.3 Å². The molecule has 0 saturated heterocycles. The van der Waals surface area contributed by atoms with Crippen molar-refractivity contribution in [2.75, 3.05) is 5.73 Å². The summed E-state index contributed by atoms with van der Waals surface area (Å²) in [5.41, 5.74) is 9.65. The SMILES string of the molecule is CCCn1c(-c2ccc(N)cc2)nc2cnccc21. The summed E-state index contributed by atoms with van der Waals surface area (Å²) in [5.74, 6) is 0.977. The normalized spacial score (nSPS) is 11.0. The molecule has 0 aliphatic rings. The molecule has 19 heavy (non-hydrogen) atoms.